The van der Waals surface area contributed by atoms with Crippen LogP contribution in [-0.2, 0) is 14.3 Å². The van der Waals surface area contributed by atoms with Gasteiger partial charge in [-0.15, -0.1) is 0 Å². The summed E-state index contributed by atoms with van der Waals surface area (Å²) in [4.78, 5) is 22.8. The number of carbonyl (C=O) groups excluding carboxylic acids is 2. The van der Waals surface area contributed by atoms with Crippen LogP contribution in [-0.4, -0.2) is 18.9 Å². The zero-order valence-corrected chi connectivity index (χ0v) is 9.11. The van der Waals surface area contributed by atoms with E-state index in [9.17, 15) is 9.59 Å². The molecule has 1 atom stereocenters. The molecular weight excluding hydrogens is 192 g/mol. The fourth-order valence-corrected chi connectivity index (χ4v) is 1.50. The molecule has 3 heteroatoms. The number of methoxy groups -OCH3 is 1. The molecule has 0 aliphatic carbocycles. The smallest absolute Gasteiger partial charge is 0.320 e. The molecule has 0 saturated heterocycles. The quantitative estimate of drug-likeness (QED) is 0.560. The summed E-state index contributed by atoms with van der Waals surface area (Å²) in [5, 5.41) is 0. The minimum Gasteiger partial charge on any atom is -0.468 e. The molecule has 1 unspecified atom stereocenters. The highest BCUT2D eigenvalue weighted by atomic mass is 16.5. The minimum absolute atomic E-state index is 0.201. The van der Waals surface area contributed by atoms with E-state index >= 15 is 0 Å². The summed E-state index contributed by atoms with van der Waals surface area (Å²) in [6.07, 6.45) is 0. The van der Waals surface area contributed by atoms with Crippen LogP contribution in [0, 0.1) is 6.92 Å². The van der Waals surface area contributed by atoms with Gasteiger partial charge >= 0.3 is 5.97 Å². The first-order valence-electron chi connectivity index (χ1n) is 4.71. The number of ether oxygens (including phenoxy) is 1. The van der Waals surface area contributed by atoms with Crippen LogP contribution >= 0.6 is 0 Å². The Balaban J connectivity index is 3.10. The van der Waals surface area contributed by atoms with E-state index in [1.165, 1.54) is 14.0 Å². The van der Waals surface area contributed by atoms with Crippen molar-refractivity contribution in [2.45, 2.75) is 19.8 Å². The summed E-state index contributed by atoms with van der Waals surface area (Å²) in [5.74, 6) is -1.50. The number of esters is 1. The lowest BCUT2D eigenvalue weighted by Gasteiger charge is -2.11. The molecule has 1 aromatic rings. The number of hydrogen-bond donors (Lipinski definition) is 0. The first kappa shape index (κ1) is 11.4. The number of aryl methyl sites for hydroxylation is 1. The van der Waals surface area contributed by atoms with Crippen LogP contribution in [0.1, 0.15) is 24.0 Å². The Labute approximate surface area is 89.1 Å². The SMILES string of the molecule is COC(=O)C(C(C)=O)c1cccc(C)c1. The maximum atomic E-state index is 11.4. The molecule has 0 aliphatic rings. The second-order valence-electron chi connectivity index (χ2n) is 3.48. The maximum Gasteiger partial charge on any atom is 0.320 e. The molecule has 0 aromatic heterocycles. The van der Waals surface area contributed by atoms with E-state index in [4.69, 9.17) is 0 Å². The first-order valence-corrected chi connectivity index (χ1v) is 4.71. The zero-order chi connectivity index (χ0) is 11.4. The summed E-state index contributed by atoms with van der Waals surface area (Å²) in [6.45, 7) is 3.31. The second kappa shape index (κ2) is 4.73. The molecule has 0 bridgehead atoms. The minimum atomic E-state index is -0.796. The average molecular weight is 206 g/mol. The van der Waals surface area contributed by atoms with Crippen molar-refractivity contribution in [3.05, 3.63) is 35.4 Å². The van der Waals surface area contributed by atoms with E-state index in [1.54, 1.807) is 6.07 Å². The summed E-state index contributed by atoms with van der Waals surface area (Å²) in [6, 6.07) is 7.32. The third-order valence-electron chi connectivity index (χ3n) is 2.22. The fourth-order valence-electron chi connectivity index (χ4n) is 1.50. The Morgan fingerprint density at radius 1 is 1.33 bits per heavy atom. The van der Waals surface area contributed by atoms with E-state index in [0.717, 1.165) is 5.56 Å². The predicted molar refractivity (Wildman–Crippen MR) is 56.6 cm³/mol. The number of benzene rings is 1. The lowest BCUT2D eigenvalue weighted by Crippen LogP contribution is -2.21. The summed E-state index contributed by atoms with van der Waals surface area (Å²) >= 11 is 0. The Hall–Kier alpha value is -1.64. The highest BCUT2D eigenvalue weighted by molar-refractivity contribution is 6.03. The molecule has 3 nitrogen and oxygen atoms in total. The van der Waals surface area contributed by atoms with Crippen LogP contribution in [0.2, 0.25) is 0 Å². The summed E-state index contributed by atoms with van der Waals surface area (Å²) in [7, 11) is 1.29. The van der Waals surface area contributed by atoms with Crippen molar-refractivity contribution in [3.63, 3.8) is 0 Å². The van der Waals surface area contributed by atoms with E-state index in [0.29, 0.717) is 5.56 Å². The van der Waals surface area contributed by atoms with Gasteiger partial charge in [-0.3, -0.25) is 9.59 Å². The molecule has 0 spiro atoms. The van der Waals surface area contributed by atoms with Crippen molar-refractivity contribution < 1.29 is 14.3 Å². The Kier molecular flexibility index (Phi) is 3.61. The van der Waals surface area contributed by atoms with E-state index in [1.807, 2.05) is 25.1 Å². The molecule has 1 aromatic carbocycles. The standard InChI is InChI=1S/C12H14O3/c1-8-5-4-6-10(7-8)11(9(2)13)12(14)15-3/h4-7,11H,1-3H3. The first-order chi connectivity index (χ1) is 7.06. The van der Waals surface area contributed by atoms with Crippen molar-refractivity contribution in [2.24, 2.45) is 0 Å². The number of ketones is 1. The molecule has 0 saturated carbocycles. The molecule has 0 fully saturated rings. The van der Waals surface area contributed by atoms with Gasteiger partial charge in [0.15, 0.2) is 0 Å². The Morgan fingerprint density at radius 3 is 2.47 bits per heavy atom. The number of rotatable bonds is 3. The van der Waals surface area contributed by atoms with Crippen LogP contribution in [0.4, 0.5) is 0 Å². The van der Waals surface area contributed by atoms with Gasteiger partial charge in [0, 0.05) is 0 Å². The third kappa shape index (κ3) is 2.65. The molecule has 0 aliphatic heterocycles. The molecule has 0 amide bonds. The second-order valence-corrected chi connectivity index (χ2v) is 3.48. The lowest BCUT2D eigenvalue weighted by molar-refractivity contribution is -0.145. The van der Waals surface area contributed by atoms with Gasteiger partial charge in [0.05, 0.1) is 7.11 Å². The largest absolute Gasteiger partial charge is 0.468 e. The molecule has 15 heavy (non-hydrogen) atoms. The molecule has 0 radical (unpaired) electrons. The average Bonchev–Trinajstić information content (AvgIpc) is 2.17. The van der Waals surface area contributed by atoms with Crippen molar-refractivity contribution in [1.29, 1.82) is 0 Å². The number of hydrogen-bond acceptors (Lipinski definition) is 3. The predicted octanol–water partition coefficient (Wildman–Crippen LogP) is 1.84. The summed E-state index contributed by atoms with van der Waals surface area (Å²) < 4.78 is 4.61. The van der Waals surface area contributed by atoms with Gasteiger partial charge in [-0.05, 0) is 19.4 Å². The molecule has 0 N–H and O–H groups in total. The third-order valence-corrected chi connectivity index (χ3v) is 2.22. The van der Waals surface area contributed by atoms with Crippen LogP contribution < -0.4 is 0 Å². The monoisotopic (exact) mass is 206 g/mol. The van der Waals surface area contributed by atoms with Gasteiger partial charge in [0.2, 0.25) is 0 Å². The Bertz CT molecular complexity index is 382. The van der Waals surface area contributed by atoms with Gasteiger partial charge in [-0.25, -0.2) is 0 Å². The molecule has 80 valence electrons. The van der Waals surface area contributed by atoms with Crippen LogP contribution in [0.5, 0.6) is 0 Å². The molecule has 1 rings (SSSR count). The van der Waals surface area contributed by atoms with Crippen molar-refractivity contribution in [2.75, 3.05) is 7.11 Å². The molecular formula is C12H14O3. The molecule has 0 heterocycles. The highest BCUT2D eigenvalue weighted by Gasteiger charge is 2.25. The topological polar surface area (TPSA) is 43.4 Å². The normalized spacial score (nSPS) is 11.9. The summed E-state index contributed by atoms with van der Waals surface area (Å²) in [5.41, 5.74) is 1.71. The fraction of sp³-hybridized carbons (Fsp3) is 0.333. The van der Waals surface area contributed by atoms with Crippen LogP contribution in [0.25, 0.3) is 0 Å². The van der Waals surface area contributed by atoms with Gasteiger partial charge in [-0.1, -0.05) is 29.8 Å². The van der Waals surface area contributed by atoms with E-state index in [2.05, 4.69) is 4.74 Å². The highest BCUT2D eigenvalue weighted by Crippen LogP contribution is 2.19. The van der Waals surface area contributed by atoms with Gasteiger partial charge < -0.3 is 4.74 Å². The van der Waals surface area contributed by atoms with E-state index in [-0.39, 0.29) is 5.78 Å². The lowest BCUT2D eigenvalue weighted by atomic mass is 9.94. The van der Waals surface area contributed by atoms with Crippen LogP contribution in [0.15, 0.2) is 24.3 Å². The number of carbonyl (C=O) groups is 2. The van der Waals surface area contributed by atoms with Gasteiger partial charge in [0.1, 0.15) is 11.7 Å². The van der Waals surface area contributed by atoms with Gasteiger partial charge in [0.25, 0.3) is 0 Å². The maximum absolute atomic E-state index is 11.4. The Morgan fingerprint density at radius 2 is 2.00 bits per heavy atom. The van der Waals surface area contributed by atoms with Crippen molar-refractivity contribution in [3.8, 4) is 0 Å². The van der Waals surface area contributed by atoms with Crippen LogP contribution in [0.3, 0.4) is 0 Å². The van der Waals surface area contributed by atoms with Gasteiger partial charge in [-0.2, -0.15) is 0 Å². The zero-order valence-electron chi connectivity index (χ0n) is 9.11. The number of Topliss-reactive ketones (excluding diaryl/α,β-unsaturated/α-hetero) is 1. The van der Waals surface area contributed by atoms with E-state index < -0.39 is 11.9 Å². The van der Waals surface area contributed by atoms with Crippen molar-refractivity contribution in [1.82, 2.24) is 0 Å². The van der Waals surface area contributed by atoms with Crippen molar-refractivity contribution >= 4 is 11.8 Å².